The number of rotatable bonds is 4. The Labute approximate surface area is 176 Å². The van der Waals surface area contributed by atoms with Crippen molar-refractivity contribution >= 4 is 11.7 Å². The number of aromatic nitrogens is 2. The van der Waals surface area contributed by atoms with Crippen LogP contribution in [0.4, 0.5) is 5.82 Å². The lowest BCUT2D eigenvalue weighted by atomic mass is 9.83. The van der Waals surface area contributed by atoms with E-state index in [2.05, 4.69) is 26.9 Å². The van der Waals surface area contributed by atoms with E-state index >= 15 is 0 Å². The molecule has 0 aliphatic carbocycles. The predicted molar refractivity (Wildman–Crippen MR) is 116 cm³/mol. The van der Waals surface area contributed by atoms with Crippen LogP contribution in [0.1, 0.15) is 53.2 Å². The number of hydrogen-bond donors (Lipinski definition) is 1. The SMILES string of the molecule is NC(=O)c1ccc(N2C[C@@H]3C[C@H](C2)c2ccc(CN4CCCCC4)c(=O)n2C3)nc1. The molecule has 0 saturated carbocycles. The van der Waals surface area contributed by atoms with Crippen molar-refractivity contribution in [3.05, 3.63) is 57.6 Å². The van der Waals surface area contributed by atoms with Crippen molar-refractivity contribution in [2.24, 2.45) is 11.7 Å². The molecule has 1 amide bonds. The zero-order valence-corrected chi connectivity index (χ0v) is 17.3. The fraction of sp³-hybridized carbons (Fsp3) is 0.522. The Morgan fingerprint density at radius 3 is 2.63 bits per heavy atom. The summed E-state index contributed by atoms with van der Waals surface area (Å²) in [6, 6.07) is 7.84. The number of carbonyl (C=O) groups is 1. The fourth-order valence-electron chi connectivity index (χ4n) is 5.38. The average molecular weight is 408 g/mol. The standard InChI is InChI=1S/C23H29N5O2/c24-22(29)17-5-7-21(25-11-17)27-12-16-10-19(15-27)20-6-4-18(23(30)28(20)13-16)14-26-8-2-1-3-9-26/h4-7,11,16,19H,1-3,8-10,12-15H2,(H2,24,29)/t16-,19+/m0/s1. The largest absolute Gasteiger partial charge is 0.366 e. The van der Waals surface area contributed by atoms with Crippen LogP contribution in [0, 0.1) is 5.92 Å². The number of anilines is 1. The van der Waals surface area contributed by atoms with Gasteiger partial charge in [-0.1, -0.05) is 12.5 Å². The molecule has 2 atom stereocenters. The van der Waals surface area contributed by atoms with E-state index in [-0.39, 0.29) is 5.56 Å². The summed E-state index contributed by atoms with van der Waals surface area (Å²) < 4.78 is 2.04. The monoisotopic (exact) mass is 407 g/mol. The molecule has 0 aromatic carbocycles. The number of hydrogen-bond acceptors (Lipinski definition) is 5. The van der Waals surface area contributed by atoms with E-state index in [1.165, 1.54) is 19.3 Å². The van der Waals surface area contributed by atoms with Gasteiger partial charge in [0.2, 0.25) is 5.91 Å². The molecule has 30 heavy (non-hydrogen) atoms. The van der Waals surface area contributed by atoms with Crippen LogP contribution in [0.3, 0.4) is 0 Å². The molecular weight excluding hydrogens is 378 g/mol. The summed E-state index contributed by atoms with van der Waals surface area (Å²) in [6.45, 7) is 5.46. The van der Waals surface area contributed by atoms with Crippen LogP contribution < -0.4 is 16.2 Å². The van der Waals surface area contributed by atoms with Gasteiger partial charge in [-0.3, -0.25) is 14.5 Å². The highest BCUT2D eigenvalue weighted by atomic mass is 16.1. The van der Waals surface area contributed by atoms with Crippen molar-refractivity contribution in [3.8, 4) is 0 Å². The van der Waals surface area contributed by atoms with Gasteiger partial charge in [0.05, 0.1) is 5.56 Å². The quantitative estimate of drug-likeness (QED) is 0.838. The lowest BCUT2D eigenvalue weighted by molar-refractivity contribution is 0.1000. The van der Waals surface area contributed by atoms with Gasteiger partial charge in [-0.2, -0.15) is 0 Å². The molecule has 2 fully saturated rings. The number of amides is 1. The smallest absolute Gasteiger partial charge is 0.255 e. The molecule has 0 radical (unpaired) electrons. The molecule has 7 nitrogen and oxygen atoms in total. The zero-order valence-electron chi connectivity index (χ0n) is 17.3. The highest BCUT2D eigenvalue weighted by molar-refractivity contribution is 5.92. The number of piperidine rings is 2. The lowest BCUT2D eigenvalue weighted by Crippen LogP contribution is -2.48. The molecule has 3 aliphatic heterocycles. The van der Waals surface area contributed by atoms with Crippen molar-refractivity contribution < 1.29 is 4.79 Å². The highest BCUT2D eigenvalue weighted by Gasteiger charge is 2.35. The normalized spacial score (nSPS) is 23.8. The lowest BCUT2D eigenvalue weighted by Gasteiger charge is -2.43. The first-order valence-corrected chi connectivity index (χ1v) is 11.0. The summed E-state index contributed by atoms with van der Waals surface area (Å²) in [7, 11) is 0. The molecule has 0 spiro atoms. The molecule has 5 heterocycles. The second-order valence-corrected chi connectivity index (χ2v) is 9.01. The summed E-state index contributed by atoms with van der Waals surface area (Å²) in [5, 5.41) is 0. The van der Waals surface area contributed by atoms with Gasteiger partial charge in [0.25, 0.3) is 5.56 Å². The Kier molecular flexibility index (Phi) is 5.06. The maximum Gasteiger partial charge on any atom is 0.255 e. The molecule has 2 bridgehead atoms. The van der Waals surface area contributed by atoms with Crippen LogP contribution in [0.25, 0.3) is 0 Å². The average Bonchev–Trinajstić information content (AvgIpc) is 2.77. The number of primary amides is 1. The molecule has 0 unspecified atom stereocenters. The van der Waals surface area contributed by atoms with Crippen LogP contribution in [-0.4, -0.2) is 46.5 Å². The molecular formula is C23H29N5O2. The summed E-state index contributed by atoms with van der Waals surface area (Å²) in [5.74, 6) is 1.16. The number of carbonyl (C=O) groups excluding carboxylic acids is 1. The minimum absolute atomic E-state index is 0.199. The van der Waals surface area contributed by atoms with Gasteiger partial charge in [-0.25, -0.2) is 4.98 Å². The van der Waals surface area contributed by atoms with Crippen molar-refractivity contribution in [2.45, 2.75) is 44.7 Å². The van der Waals surface area contributed by atoms with E-state index < -0.39 is 5.91 Å². The minimum atomic E-state index is -0.460. The molecule has 2 N–H and O–H groups in total. The molecule has 2 aromatic rings. The fourth-order valence-corrected chi connectivity index (χ4v) is 5.38. The van der Waals surface area contributed by atoms with Gasteiger partial charge in [-0.05, 0) is 56.5 Å². The Hall–Kier alpha value is -2.67. The molecule has 2 saturated heterocycles. The third kappa shape index (κ3) is 3.62. The first-order valence-electron chi connectivity index (χ1n) is 11.0. The van der Waals surface area contributed by atoms with E-state index in [0.29, 0.717) is 17.4 Å². The van der Waals surface area contributed by atoms with Gasteiger partial charge in [0.1, 0.15) is 5.82 Å². The second-order valence-electron chi connectivity index (χ2n) is 9.01. The van der Waals surface area contributed by atoms with Crippen LogP contribution in [0.15, 0.2) is 35.3 Å². The summed E-state index contributed by atoms with van der Waals surface area (Å²) >= 11 is 0. The number of nitrogens with zero attached hydrogens (tertiary/aromatic N) is 4. The minimum Gasteiger partial charge on any atom is -0.366 e. The summed E-state index contributed by atoms with van der Waals surface area (Å²) in [6.07, 6.45) is 6.44. The number of nitrogens with two attached hydrogens (primary N) is 1. The second kappa shape index (κ2) is 7.87. The topological polar surface area (TPSA) is 84.5 Å². The van der Waals surface area contributed by atoms with Crippen LogP contribution in [0.2, 0.25) is 0 Å². The summed E-state index contributed by atoms with van der Waals surface area (Å²) in [5.41, 5.74) is 8.03. The highest BCUT2D eigenvalue weighted by Crippen LogP contribution is 2.36. The molecule has 5 rings (SSSR count). The van der Waals surface area contributed by atoms with E-state index in [4.69, 9.17) is 5.73 Å². The van der Waals surface area contributed by atoms with Gasteiger partial charge in [-0.15, -0.1) is 0 Å². The van der Waals surface area contributed by atoms with E-state index in [0.717, 1.165) is 62.8 Å². The first-order chi connectivity index (χ1) is 14.6. The van der Waals surface area contributed by atoms with Crippen molar-refractivity contribution in [1.29, 1.82) is 0 Å². The van der Waals surface area contributed by atoms with E-state index in [1.54, 1.807) is 12.3 Å². The van der Waals surface area contributed by atoms with Gasteiger partial charge >= 0.3 is 0 Å². The molecule has 7 heteroatoms. The number of pyridine rings is 2. The van der Waals surface area contributed by atoms with Crippen molar-refractivity contribution in [1.82, 2.24) is 14.5 Å². The molecule has 2 aromatic heterocycles. The predicted octanol–water partition coefficient (Wildman–Crippen LogP) is 1.95. The van der Waals surface area contributed by atoms with E-state index in [1.807, 2.05) is 10.6 Å². The van der Waals surface area contributed by atoms with Crippen LogP contribution >= 0.6 is 0 Å². The van der Waals surface area contributed by atoms with Gasteiger partial charge in [0, 0.05) is 49.6 Å². The zero-order chi connectivity index (χ0) is 20.7. The summed E-state index contributed by atoms with van der Waals surface area (Å²) in [4.78, 5) is 33.7. The molecule has 3 aliphatic rings. The Balaban J connectivity index is 1.36. The molecule has 158 valence electrons. The van der Waals surface area contributed by atoms with Crippen molar-refractivity contribution in [2.75, 3.05) is 31.1 Å². The van der Waals surface area contributed by atoms with Crippen LogP contribution in [-0.2, 0) is 13.1 Å². The third-order valence-electron chi connectivity index (χ3n) is 6.88. The van der Waals surface area contributed by atoms with E-state index in [9.17, 15) is 9.59 Å². The Morgan fingerprint density at radius 1 is 1.07 bits per heavy atom. The Bertz CT molecular complexity index is 994. The number of likely N-dealkylation sites (tertiary alicyclic amines) is 1. The maximum atomic E-state index is 13.2. The Morgan fingerprint density at radius 2 is 1.90 bits per heavy atom. The van der Waals surface area contributed by atoms with Gasteiger partial charge in [0.15, 0.2) is 0 Å². The maximum absolute atomic E-state index is 13.2. The van der Waals surface area contributed by atoms with Gasteiger partial charge < -0.3 is 15.2 Å². The van der Waals surface area contributed by atoms with Crippen LogP contribution in [0.5, 0.6) is 0 Å². The van der Waals surface area contributed by atoms with Crippen molar-refractivity contribution in [3.63, 3.8) is 0 Å². The third-order valence-corrected chi connectivity index (χ3v) is 6.88. The first kappa shape index (κ1) is 19.3. The number of fused-ring (bicyclic) bond motifs is 4.